The molecule has 0 aliphatic carbocycles. The minimum Gasteiger partial charge on any atom is -0.492 e. The molecule has 1 aliphatic heterocycles. The zero-order valence-corrected chi connectivity index (χ0v) is 20.7. The number of anilines is 1. The summed E-state index contributed by atoms with van der Waals surface area (Å²) in [6, 6.07) is 20.0. The second-order valence-corrected chi connectivity index (χ2v) is 10.2. The highest BCUT2D eigenvalue weighted by Crippen LogP contribution is 2.41. The molecule has 3 aromatic heterocycles. The van der Waals surface area contributed by atoms with Gasteiger partial charge >= 0.3 is 0 Å². The highest BCUT2D eigenvalue weighted by molar-refractivity contribution is 7.17. The number of benzene rings is 2. The van der Waals surface area contributed by atoms with Gasteiger partial charge in [-0.15, -0.1) is 5.10 Å². The minimum atomic E-state index is -0.100. The van der Waals surface area contributed by atoms with Crippen molar-refractivity contribution in [2.75, 3.05) is 31.1 Å². The zero-order chi connectivity index (χ0) is 23.9. The van der Waals surface area contributed by atoms with E-state index in [-0.39, 0.29) is 11.9 Å². The van der Waals surface area contributed by atoms with Crippen LogP contribution in [0.15, 0.2) is 71.3 Å². The standard InChI is InChI=1S/C26H24ClN5O2S/c1-17-5-2-6-18(15-17)22(31-12-10-30(11-13-31)20-8-3-7-19(27)16-20)23-25(33)32-26(35-23)28-24(29-32)21-9-4-14-34-21/h2-9,14-16,22,33H,10-13H2,1H3. The fourth-order valence-electron chi connectivity index (χ4n) is 4.72. The Morgan fingerprint density at radius 3 is 2.57 bits per heavy atom. The van der Waals surface area contributed by atoms with Crippen LogP contribution in [0.4, 0.5) is 5.69 Å². The van der Waals surface area contributed by atoms with Gasteiger partial charge in [-0.05, 0) is 42.8 Å². The smallest absolute Gasteiger partial charge is 0.230 e. The molecule has 0 amide bonds. The van der Waals surface area contributed by atoms with Gasteiger partial charge < -0.3 is 14.4 Å². The molecule has 0 saturated carbocycles. The molecule has 5 aromatic rings. The molecule has 1 N–H and O–H groups in total. The van der Waals surface area contributed by atoms with Crippen molar-refractivity contribution in [1.82, 2.24) is 19.5 Å². The Hall–Kier alpha value is -3.33. The molecular weight excluding hydrogens is 482 g/mol. The van der Waals surface area contributed by atoms with Gasteiger partial charge in [0.1, 0.15) is 0 Å². The third-order valence-corrected chi connectivity index (χ3v) is 7.71. The summed E-state index contributed by atoms with van der Waals surface area (Å²) in [7, 11) is 0. The van der Waals surface area contributed by atoms with Crippen molar-refractivity contribution in [1.29, 1.82) is 0 Å². The fraction of sp³-hybridized carbons (Fsp3) is 0.231. The van der Waals surface area contributed by atoms with E-state index in [1.54, 1.807) is 12.3 Å². The quantitative estimate of drug-likeness (QED) is 0.334. The third-order valence-electron chi connectivity index (χ3n) is 6.40. The normalized spacial score (nSPS) is 15.7. The summed E-state index contributed by atoms with van der Waals surface area (Å²) in [6.45, 7) is 5.52. The predicted octanol–water partition coefficient (Wildman–Crippen LogP) is 5.63. The number of aromatic hydroxyl groups is 1. The monoisotopic (exact) mass is 505 g/mol. The van der Waals surface area contributed by atoms with Crippen LogP contribution in [0.5, 0.6) is 5.88 Å². The first-order chi connectivity index (χ1) is 17.1. The number of hydrogen-bond donors (Lipinski definition) is 1. The van der Waals surface area contributed by atoms with Crippen molar-refractivity contribution in [3.05, 3.63) is 88.0 Å². The molecule has 2 aromatic carbocycles. The van der Waals surface area contributed by atoms with Crippen molar-refractivity contribution < 1.29 is 9.52 Å². The van der Waals surface area contributed by atoms with Crippen molar-refractivity contribution in [3.63, 3.8) is 0 Å². The van der Waals surface area contributed by atoms with E-state index >= 15 is 0 Å². The Balaban J connectivity index is 1.34. The van der Waals surface area contributed by atoms with Gasteiger partial charge in [0.05, 0.1) is 17.2 Å². The topological polar surface area (TPSA) is 70.0 Å². The number of piperazine rings is 1. The number of furan rings is 1. The highest BCUT2D eigenvalue weighted by atomic mass is 35.5. The van der Waals surface area contributed by atoms with Crippen LogP contribution in [0.1, 0.15) is 22.0 Å². The first kappa shape index (κ1) is 22.2. The number of rotatable bonds is 5. The van der Waals surface area contributed by atoms with Crippen LogP contribution in [0, 0.1) is 6.92 Å². The molecule has 1 unspecified atom stereocenters. The lowest BCUT2D eigenvalue weighted by atomic mass is 10.0. The summed E-state index contributed by atoms with van der Waals surface area (Å²) in [5.74, 6) is 1.17. The van der Waals surface area contributed by atoms with Crippen molar-refractivity contribution in [2.45, 2.75) is 13.0 Å². The first-order valence-corrected chi connectivity index (χ1v) is 12.7. The molecule has 1 saturated heterocycles. The molecule has 1 atom stereocenters. The van der Waals surface area contributed by atoms with Gasteiger partial charge in [0, 0.05) is 36.9 Å². The molecule has 6 rings (SSSR count). The van der Waals surface area contributed by atoms with Crippen LogP contribution in [-0.2, 0) is 0 Å². The van der Waals surface area contributed by atoms with Crippen LogP contribution in [0.2, 0.25) is 5.02 Å². The van der Waals surface area contributed by atoms with Gasteiger partial charge in [0.15, 0.2) is 5.76 Å². The van der Waals surface area contributed by atoms with E-state index in [4.69, 9.17) is 16.0 Å². The van der Waals surface area contributed by atoms with E-state index in [1.807, 2.05) is 24.3 Å². The summed E-state index contributed by atoms with van der Waals surface area (Å²) < 4.78 is 6.95. The molecule has 0 spiro atoms. The van der Waals surface area contributed by atoms with E-state index < -0.39 is 0 Å². The van der Waals surface area contributed by atoms with E-state index in [0.717, 1.165) is 47.3 Å². The fourth-order valence-corrected chi connectivity index (χ4v) is 6.02. The lowest BCUT2D eigenvalue weighted by molar-refractivity contribution is 0.211. The number of fused-ring (bicyclic) bond motifs is 1. The predicted molar refractivity (Wildman–Crippen MR) is 138 cm³/mol. The number of aromatic nitrogens is 3. The number of hydrogen-bond acceptors (Lipinski definition) is 7. The molecule has 1 fully saturated rings. The molecule has 178 valence electrons. The zero-order valence-electron chi connectivity index (χ0n) is 19.1. The van der Waals surface area contributed by atoms with Crippen LogP contribution in [0.25, 0.3) is 16.5 Å². The summed E-state index contributed by atoms with van der Waals surface area (Å²) in [4.78, 5) is 10.9. The van der Waals surface area contributed by atoms with Crippen LogP contribution < -0.4 is 4.90 Å². The molecule has 35 heavy (non-hydrogen) atoms. The molecule has 1 aliphatic rings. The maximum atomic E-state index is 11.3. The summed E-state index contributed by atoms with van der Waals surface area (Å²) in [5, 5.41) is 16.5. The molecule has 7 nitrogen and oxygen atoms in total. The van der Waals surface area contributed by atoms with Crippen LogP contribution in [0.3, 0.4) is 0 Å². The highest BCUT2D eigenvalue weighted by Gasteiger charge is 2.32. The minimum absolute atomic E-state index is 0.100. The largest absolute Gasteiger partial charge is 0.492 e. The average molecular weight is 506 g/mol. The Labute approximate surface area is 211 Å². The van der Waals surface area contributed by atoms with Gasteiger partial charge in [-0.1, -0.05) is 58.8 Å². The number of thiazole rings is 1. The summed E-state index contributed by atoms with van der Waals surface area (Å²) >= 11 is 7.69. The van der Waals surface area contributed by atoms with Gasteiger partial charge in [0.2, 0.25) is 16.7 Å². The second kappa shape index (κ2) is 9.03. The van der Waals surface area contributed by atoms with Gasteiger partial charge in [-0.3, -0.25) is 4.90 Å². The van der Waals surface area contributed by atoms with Crippen molar-refractivity contribution in [2.24, 2.45) is 0 Å². The Morgan fingerprint density at radius 1 is 1.03 bits per heavy atom. The van der Waals surface area contributed by atoms with Crippen molar-refractivity contribution in [3.8, 4) is 17.5 Å². The lowest BCUT2D eigenvalue weighted by Crippen LogP contribution is -2.47. The van der Waals surface area contributed by atoms with E-state index in [9.17, 15) is 5.11 Å². The Morgan fingerprint density at radius 2 is 1.86 bits per heavy atom. The lowest BCUT2D eigenvalue weighted by Gasteiger charge is -2.40. The van der Waals surface area contributed by atoms with Crippen molar-refractivity contribution >= 4 is 33.6 Å². The molecule has 0 bridgehead atoms. The van der Waals surface area contributed by atoms with Gasteiger partial charge in [-0.25, -0.2) is 0 Å². The Bertz CT molecular complexity index is 1470. The second-order valence-electron chi connectivity index (χ2n) is 8.72. The average Bonchev–Trinajstić information content (AvgIpc) is 3.59. The number of aryl methyl sites for hydroxylation is 1. The van der Waals surface area contributed by atoms with E-state index in [0.29, 0.717) is 16.5 Å². The SMILES string of the molecule is Cc1cccc(C(c2sc3nc(-c4ccco4)nn3c2O)N2CCN(c3cccc(Cl)c3)CC2)c1. The van der Waals surface area contributed by atoms with Crippen LogP contribution in [-0.4, -0.2) is 50.8 Å². The first-order valence-electron chi connectivity index (χ1n) is 11.5. The van der Waals surface area contributed by atoms with E-state index in [2.05, 4.69) is 57.1 Å². The maximum absolute atomic E-state index is 11.3. The molecule has 4 heterocycles. The van der Waals surface area contributed by atoms with Gasteiger partial charge in [-0.2, -0.15) is 9.50 Å². The Kier molecular flexibility index (Phi) is 5.72. The summed E-state index contributed by atoms with van der Waals surface area (Å²) in [6.07, 6.45) is 1.59. The molecule has 0 radical (unpaired) electrons. The summed E-state index contributed by atoms with van der Waals surface area (Å²) in [5.41, 5.74) is 3.47. The number of halogens is 1. The van der Waals surface area contributed by atoms with E-state index in [1.165, 1.54) is 21.4 Å². The molecular formula is C26H24ClN5O2S. The van der Waals surface area contributed by atoms with Gasteiger partial charge in [0.25, 0.3) is 0 Å². The van der Waals surface area contributed by atoms with Crippen LogP contribution >= 0.6 is 22.9 Å². The number of nitrogens with zero attached hydrogens (tertiary/aromatic N) is 5. The maximum Gasteiger partial charge on any atom is 0.230 e. The third kappa shape index (κ3) is 4.18. The molecule has 9 heteroatoms.